The minimum absolute atomic E-state index is 0.108. The third-order valence-corrected chi connectivity index (χ3v) is 5.81. The lowest BCUT2D eigenvalue weighted by atomic mass is 10.2. The molecule has 0 atom stereocenters. The summed E-state index contributed by atoms with van der Waals surface area (Å²) < 4.78 is 7.34. The maximum Gasteiger partial charge on any atom is 0.248 e. The second-order valence-electron chi connectivity index (χ2n) is 6.73. The van der Waals surface area contributed by atoms with Gasteiger partial charge in [0.15, 0.2) is 11.0 Å². The zero-order chi connectivity index (χ0) is 22.5. The topological polar surface area (TPSA) is 116 Å². The number of carbonyl (C=O) groups is 2. The minimum atomic E-state index is -0.524. The van der Waals surface area contributed by atoms with E-state index in [1.807, 2.05) is 28.8 Å². The van der Waals surface area contributed by atoms with E-state index in [1.54, 1.807) is 42.7 Å². The molecule has 0 aliphatic rings. The highest BCUT2D eigenvalue weighted by atomic mass is 35.5. The Labute approximate surface area is 192 Å². The molecule has 3 N–H and O–H groups in total. The Morgan fingerprint density at radius 3 is 2.53 bits per heavy atom. The number of nitrogens with zero attached hydrogens (tertiary/aromatic N) is 3. The van der Waals surface area contributed by atoms with E-state index in [0.717, 1.165) is 11.3 Å². The first-order chi connectivity index (χ1) is 15.5. The lowest BCUT2D eigenvalue weighted by molar-refractivity contribution is -0.113. The molecule has 2 aromatic carbocycles. The van der Waals surface area contributed by atoms with E-state index in [1.165, 1.54) is 11.8 Å². The third-order valence-electron chi connectivity index (χ3n) is 4.51. The summed E-state index contributed by atoms with van der Waals surface area (Å²) in [5.41, 5.74) is 6.90. The summed E-state index contributed by atoms with van der Waals surface area (Å²) in [5, 5.41) is 12.5. The van der Waals surface area contributed by atoms with Gasteiger partial charge in [0, 0.05) is 16.8 Å². The molecule has 0 spiro atoms. The molecule has 2 aromatic heterocycles. The molecule has 4 rings (SSSR count). The Kier molecular flexibility index (Phi) is 6.58. The van der Waals surface area contributed by atoms with Gasteiger partial charge in [-0.15, -0.1) is 10.2 Å². The number of halogens is 1. The van der Waals surface area contributed by atoms with Crippen molar-refractivity contribution < 1.29 is 14.0 Å². The van der Waals surface area contributed by atoms with Crippen LogP contribution in [0.5, 0.6) is 0 Å². The number of amides is 2. The normalized spacial score (nSPS) is 10.8. The zero-order valence-corrected chi connectivity index (χ0v) is 18.3. The quantitative estimate of drug-likeness (QED) is 0.377. The fourth-order valence-electron chi connectivity index (χ4n) is 2.98. The Morgan fingerprint density at radius 1 is 1.06 bits per heavy atom. The van der Waals surface area contributed by atoms with Crippen LogP contribution in [0.3, 0.4) is 0 Å². The molecule has 0 saturated heterocycles. The van der Waals surface area contributed by atoms with E-state index in [0.29, 0.717) is 33.8 Å². The molecular weight excluding hydrogens is 450 g/mol. The number of anilines is 1. The Morgan fingerprint density at radius 2 is 1.84 bits per heavy atom. The van der Waals surface area contributed by atoms with Crippen molar-refractivity contribution in [1.29, 1.82) is 0 Å². The number of furan rings is 1. The van der Waals surface area contributed by atoms with Crippen LogP contribution in [0.4, 0.5) is 5.69 Å². The maximum absolute atomic E-state index is 12.4. The Bertz CT molecular complexity index is 1240. The molecule has 10 heteroatoms. The standard InChI is InChI=1S/C22H18ClN5O3S/c23-18-6-2-1-5-17(18)21-26-27-22(28(21)12-16-4-3-11-31-16)32-13-19(29)25-15-9-7-14(8-10-15)20(24)30/h1-11H,12-13H2,(H2,24,30)(H,25,29). The average molecular weight is 468 g/mol. The molecular formula is C22H18ClN5O3S. The summed E-state index contributed by atoms with van der Waals surface area (Å²) >= 11 is 7.61. The number of aromatic nitrogens is 3. The van der Waals surface area contributed by atoms with Crippen LogP contribution in [-0.2, 0) is 11.3 Å². The minimum Gasteiger partial charge on any atom is -0.467 e. The van der Waals surface area contributed by atoms with Gasteiger partial charge in [0.2, 0.25) is 11.8 Å². The van der Waals surface area contributed by atoms with E-state index in [2.05, 4.69) is 15.5 Å². The van der Waals surface area contributed by atoms with Crippen molar-refractivity contribution in [2.45, 2.75) is 11.7 Å². The number of hydrogen-bond donors (Lipinski definition) is 2. The highest BCUT2D eigenvalue weighted by molar-refractivity contribution is 7.99. The summed E-state index contributed by atoms with van der Waals surface area (Å²) in [4.78, 5) is 23.6. The molecule has 0 unspecified atom stereocenters. The van der Waals surface area contributed by atoms with Gasteiger partial charge in [-0.2, -0.15) is 0 Å². The van der Waals surface area contributed by atoms with Gasteiger partial charge in [-0.1, -0.05) is 35.5 Å². The first kappa shape index (κ1) is 21.7. The van der Waals surface area contributed by atoms with Crippen molar-refractivity contribution in [2.24, 2.45) is 5.73 Å². The predicted octanol–water partition coefficient (Wildman–Crippen LogP) is 4.07. The van der Waals surface area contributed by atoms with Crippen molar-refractivity contribution in [3.63, 3.8) is 0 Å². The molecule has 4 aromatic rings. The maximum atomic E-state index is 12.4. The molecule has 2 heterocycles. The molecule has 8 nitrogen and oxygen atoms in total. The molecule has 0 saturated carbocycles. The number of rotatable bonds is 8. The molecule has 162 valence electrons. The van der Waals surface area contributed by atoms with E-state index >= 15 is 0 Å². The summed E-state index contributed by atoms with van der Waals surface area (Å²) in [6.45, 7) is 0.388. The van der Waals surface area contributed by atoms with Crippen molar-refractivity contribution in [2.75, 3.05) is 11.1 Å². The number of benzene rings is 2. The second kappa shape index (κ2) is 9.71. The number of nitrogens with one attached hydrogen (secondary N) is 1. The van der Waals surface area contributed by atoms with E-state index in [4.69, 9.17) is 21.8 Å². The lowest BCUT2D eigenvalue weighted by Crippen LogP contribution is -2.15. The Balaban J connectivity index is 1.51. The molecule has 0 bridgehead atoms. The molecule has 0 radical (unpaired) electrons. The number of hydrogen-bond acceptors (Lipinski definition) is 6. The highest BCUT2D eigenvalue weighted by Crippen LogP contribution is 2.30. The molecule has 32 heavy (non-hydrogen) atoms. The number of carbonyl (C=O) groups excluding carboxylic acids is 2. The van der Waals surface area contributed by atoms with Crippen molar-refractivity contribution in [3.05, 3.63) is 83.3 Å². The van der Waals surface area contributed by atoms with Gasteiger partial charge in [-0.3, -0.25) is 14.2 Å². The molecule has 0 fully saturated rings. The predicted molar refractivity (Wildman–Crippen MR) is 123 cm³/mol. The third kappa shape index (κ3) is 5.01. The molecule has 0 aliphatic heterocycles. The summed E-state index contributed by atoms with van der Waals surface area (Å²) in [5.74, 6) is 0.657. The Hall–Kier alpha value is -3.56. The van der Waals surface area contributed by atoms with Gasteiger partial charge in [0.1, 0.15) is 5.76 Å². The fourth-order valence-corrected chi connectivity index (χ4v) is 3.94. The van der Waals surface area contributed by atoms with Crippen LogP contribution in [0.15, 0.2) is 76.5 Å². The lowest BCUT2D eigenvalue weighted by Gasteiger charge is -2.10. The van der Waals surface area contributed by atoms with Crippen LogP contribution in [0, 0.1) is 0 Å². The van der Waals surface area contributed by atoms with Crippen LogP contribution in [-0.4, -0.2) is 32.3 Å². The van der Waals surface area contributed by atoms with E-state index < -0.39 is 5.91 Å². The fraction of sp³-hybridized carbons (Fsp3) is 0.0909. The zero-order valence-electron chi connectivity index (χ0n) is 16.7. The van der Waals surface area contributed by atoms with Crippen LogP contribution in [0.1, 0.15) is 16.1 Å². The first-order valence-corrected chi connectivity index (χ1v) is 10.9. The monoisotopic (exact) mass is 467 g/mol. The van der Waals surface area contributed by atoms with Crippen LogP contribution in [0.2, 0.25) is 5.02 Å². The molecule has 2 amide bonds. The number of primary amides is 1. The van der Waals surface area contributed by atoms with Gasteiger partial charge >= 0.3 is 0 Å². The van der Waals surface area contributed by atoms with Crippen LogP contribution in [0.25, 0.3) is 11.4 Å². The van der Waals surface area contributed by atoms with Gasteiger partial charge in [-0.05, 0) is 48.5 Å². The van der Waals surface area contributed by atoms with Gasteiger partial charge in [0.05, 0.1) is 23.6 Å². The molecule has 0 aliphatic carbocycles. The van der Waals surface area contributed by atoms with Gasteiger partial charge < -0.3 is 15.5 Å². The van der Waals surface area contributed by atoms with Crippen molar-refractivity contribution in [1.82, 2.24) is 14.8 Å². The van der Waals surface area contributed by atoms with Crippen molar-refractivity contribution in [3.8, 4) is 11.4 Å². The van der Waals surface area contributed by atoms with Gasteiger partial charge in [-0.25, -0.2) is 0 Å². The van der Waals surface area contributed by atoms with E-state index in [-0.39, 0.29) is 11.7 Å². The smallest absolute Gasteiger partial charge is 0.248 e. The average Bonchev–Trinajstić information content (AvgIpc) is 3.44. The first-order valence-electron chi connectivity index (χ1n) is 9.54. The van der Waals surface area contributed by atoms with E-state index in [9.17, 15) is 9.59 Å². The summed E-state index contributed by atoms with van der Waals surface area (Å²) in [7, 11) is 0. The highest BCUT2D eigenvalue weighted by Gasteiger charge is 2.18. The number of thioether (sulfide) groups is 1. The van der Waals surface area contributed by atoms with Crippen LogP contribution < -0.4 is 11.1 Å². The largest absolute Gasteiger partial charge is 0.467 e. The van der Waals surface area contributed by atoms with Crippen LogP contribution >= 0.6 is 23.4 Å². The second-order valence-corrected chi connectivity index (χ2v) is 8.08. The summed E-state index contributed by atoms with van der Waals surface area (Å²) in [6.07, 6.45) is 1.60. The summed E-state index contributed by atoms with van der Waals surface area (Å²) in [6, 6.07) is 17.4. The SMILES string of the molecule is NC(=O)c1ccc(NC(=O)CSc2nnc(-c3ccccc3Cl)n2Cc2ccco2)cc1. The van der Waals surface area contributed by atoms with Crippen molar-refractivity contribution >= 4 is 40.9 Å². The number of nitrogens with two attached hydrogens (primary N) is 1. The van der Waals surface area contributed by atoms with Gasteiger partial charge in [0.25, 0.3) is 0 Å².